The predicted octanol–water partition coefficient (Wildman–Crippen LogP) is 4.63. The molecule has 33 heavy (non-hydrogen) atoms. The Labute approximate surface area is 197 Å². The maximum atomic E-state index is 13.0. The first-order valence-corrected chi connectivity index (χ1v) is 11.8. The van der Waals surface area contributed by atoms with Crippen molar-refractivity contribution in [3.8, 4) is 5.75 Å². The van der Waals surface area contributed by atoms with Gasteiger partial charge in [0.15, 0.2) is 0 Å². The van der Waals surface area contributed by atoms with Gasteiger partial charge >= 0.3 is 0 Å². The number of thiophene rings is 1. The van der Waals surface area contributed by atoms with E-state index in [1.54, 1.807) is 30.3 Å². The lowest BCUT2D eigenvalue weighted by Crippen LogP contribution is -2.35. The minimum absolute atomic E-state index is 0.179. The summed E-state index contributed by atoms with van der Waals surface area (Å²) in [6, 6.07) is 20.0. The summed E-state index contributed by atoms with van der Waals surface area (Å²) in [6.07, 6.45) is 3.91. The van der Waals surface area contributed by atoms with Gasteiger partial charge in [-0.25, -0.2) is 0 Å². The highest BCUT2D eigenvalue weighted by atomic mass is 32.1. The molecular formula is C26H27N3O3S. The number of hydrogen-bond acceptors (Lipinski definition) is 5. The SMILES string of the molecule is CN1CCC(Oc2ccc(NC(=O)/C(=C/c3cccs3)NC(=O)c3ccccc3)cc2)CC1. The van der Waals surface area contributed by atoms with Crippen LogP contribution >= 0.6 is 11.3 Å². The van der Waals surface area contributed by atoms with Crippen molar-refractivity contribution in [3.05, 3.63) is 88.2 Å². The molecule has 0 radical (unpaired) electrons. The second-order valence-corrected chi connectivity index (χ2v) is 8.97. The summed E-state index contributed by atoms with van der Waals surface area (Å²) in [4.78, 5) is 28.8. The Bertz CT molecular complexity index is 1090. The van der Waals surface area contributed by atoms with Gasteiger partial charge in [-0.3, -0.25) is 9.59 Å². The number of amides is 2. The highest BCUT2D eigenvalue weighted by molar-refractivity contribution is 7.10. The summed E-state index contributed by atoms with van der Waals surface area (Å²) < 4.78 is 6.08. The van der Waals surface area contributed by atoms with Crippen LogP contribution in [0.3, 0.4) is 0 Å². The lowest BCUT2D eigenvalue weighted by molar-refractivity contribution is -0.113. The van der Waals surface area contributed by atoms with Gasteiger partial charge in [0.2, 0.25) is 0 Å². The minimum Gasteiger partial charge on any atom is -0.490 e. The summed E-state index contributed by atoms with van der Waals surface area (Å²) in [5.41, 5.74) is 1.29. The Hall–Kier alpha value is -3.42. The molecule has 2 aromatic carbocycles. The van der Waals surface area contributed by atoms with Crippen molar-refractivity contribution >= 4 is 34.9 Å². The lowest BCUT2D eigenvalue weighted by atomic mass is 10.1. The van der Waals surface area contributed by atoms with E-state index in [1.807, 2.05) is 47.8 Å². The molecular weight excluding hydrogens is 434 g/mol. The molecule has 1 fully saturated rings. The molecule has 6 nitrogen and oxygen atoms in total. The second kappa shape index (κ2) is 10.9. The number of benzene rings is 2. The van der Waals surface area contributed by atoms with Crippen LogP contribution in [-0.2, 0) is 4.79 Å². The first kappa shape index (κ1) is 22.8. The summed E-state index contributed by atoms with van der Waals surface area (Å²) in [5.74, 6) is 0.0568. The van der Waals surface area contributed by atoms with Gasteiger partial charge in [0.25, 0.3) is 11.8 Å². The van der Waals surface area contributed by atoms with Crippen molar-refractivity contribution in [1.82, 2.24) is 10.2 Å². The summed E-state index contributed by atoms with van der Waals surface area (Å²) in [7, 11) is 2.12. The third-order valence-corrected chi connectivity index (χ3v) is 6.26. The molecule has 0 unspecified atom stereocenters. The topological polar surface area (TPSA) is 70.7 Å². The third-order valence-electron chi connectivity index (χ3n) is 5.44. The van der Waals surface area contributed by atoms with Gasteiger partial charge in [0, 0.05) is 29.2 Å². The number of carbonyl (C=O) groups is 2. The molecule has 4 rings (SSSR count). The molecule has 1 aromatic heterocycles. The van der Waals surface area contributed by atoms with Gasteiger partial charge in [0.05, 0.1) is 0 Å². The van der Waals surface area contributed by atoms with Crippen LogP contribution in [0.1, 0.15) is 28.1 Å². The molecule has 0 aliphatic carbocycles. The van der Waals surface area contributed by atoms with E-state index in [2.05, 4.69) is 22.6 Å². The van der Waals surface area contributed by atoms with Gasteiger partial charge in [0.1, 0.15) is 17.6 Å². The molecule has 2 N–H and O–H groups in total. The van der Waals surface area contributed by atoms with Crippen LogP contribution in [0.4, 0.5) is 5.69 Å². The van der Waals surface area contributed by atoms with Crippen molar-refractivity contribution in [2.75, 3.05) is 25.5 Å². The molecule has 2 amide bonds. The summed E-state index contributed by atoms with van der Waals surface area (Å²) in [5, 5.41) is 7.54. The molecule has 170 valence electrons. The Morgan fingerprint density at radius 3 is 2.39 bits per heavy atom. The molecule has 0 saturated carbocycles. The largest absolute Gasteiger partial charge is 0.490 e. The van der Waals surface area contributed by atoms with Gasteiger partial charge in [-0.2, -0.15) is 0 Å². The van der Waals surface area contributed by atoms with E-state index >= 15 is 0 Å². The first-order chi connectivity index (χ1) is 16.1. The maximum absolute atomic E-state index is 13.0. The van der Waals surface area contributed by atoms with Crippen molar-refractivity contribution in [3.63, 3.8) is 0 Å². The van der Waals surface area contributed by atoms with Crippen LogP contribution in [0.25, 0.3) is 6.08 Å². The highest BCUT2D eigenvalue weighted by Gasteiger charge is 2.18. The second-order valence-electron chi connectivity index (χ2n) is 7.99. The van der Waals surface area contributed by atoms with Crippen molar-refractivity contribution in [2.45, 2.75) is 18.9 Å². The van der Waals surface area contributed by atoms with E-state index in [0.717, 1.165) is 36.6 Å². The number of piperidine rings is 1. The predicted molar refractivity (Wildman–Crippen MR) is 132 cm³/mol. The first-order valence-electron chi connectivity index (χ1n) is 10.9. The molecule has 2 heterocycles. The Balaban J connectivity index is 1.42. The van der Waals surface area contributed by atoms with E-state index < -0.39 is 5.91 Å². The van der Waals surface area contributed by atoms with Crippen LogP contribution in [-0.4, -0.2) is 43.0 Å². The number of nitrogens with zero attached hydrogens (tertiary/aromatic N) is 1. The number of nitrogens with one attached hydrogen (secondary N) is 2. The summed E-state index contributed by atoms with van der Waals surface area (Å²) in [6.45, 7) is 2.07. The molecule has 1 aliphatic rings. The van der Waals surface area contributed by atoms with E-state index in [4.69, 9.17) is 4.74 Å². The molecule has 0 bridgehead atoms. The van der Waals surface area contributed by atoms with Crippen LogP contribution in [0, 0.1) is 0 Å². The van der Waals surface area contributed by atoms with E-state index in [9.17, 15) is 9.59 Å². The average molecular weight is 462 g/mol. The van der Waals surface area contributed by atoms with Gasteiger partial charge in [-0.15, -0.1) is 11.3 Å². The molecule has 1 aliphatic heterocycles. The van der Waals surface area contributed by atoms with E-state index in [1.165, 1.54) is 11.3 Å². The molecule has 1 saturated heterocycles. The monoisotopic (exact) mass is 461 g/mol. The van der Waals surface area contributed by atoms with Crippen LogP contribution in [0.2, 0.25) is 0 Å². The maximum Gasteiger partial charge on any atom is 0.272 e. The van der Waals surface area contributed by atoms with Crippen molar-refractivity contribution in [2.24, 2.45) is 0 Å². The van der Waals surface area contributed by atoms with E-state index in [0.29, 0.717) is 11.3 Å². The van der Waals surface area contributed by atoms with Crippen LogP contribution < -0.4 is 15.4 Å². The number of rotatable bonds is 7. The zero-order chi connectivity index (χ0) is 23.0. The normalized spacial score (nSPS) is 15.1. The van der Waals surface area contributed by atoms with E-state index in [-0.39, 0.29) is 17.7 Å². The fourth-order valence-corrected chi connectivity index (χ4v) is 4.23. The number of likely N-dealkylation sites (tertiary alicyclic amines) is 1. The van der Waals surface area contributed by atoms with Crippen molar-refractivity contribution in [1.29, 1.82) is 0 Å². The zero-order valence-corrected chi connectivity index (χ0v) is 19.3. The van der Waals surface area contributed by atoms with Gasteiger partial charge < -0.3 is 20.3 Å². The molecule has 0 spiro atoms. The third kappa shape index (κ3) is 6.54. The number of ether oxygens (including phenoxy) is 1. The Morgan fingerprint density at radius 1 is 1.00 bits per heavy atom. The zero-order valence-electron chi connectivity index (χ0n) is 18.5. The molecule has 3 aromatic rings. The average Bonchev–Trinajstić information content (AvgIpc) is 3.35. The molecule has 7 heteroatoms. The minimum atomic E-state index is -0.392. The van der Waals surface area contributed by atoms with Crippen molar-refractivity contribution < 1.29 is 14.3 Å². The van der Waals surface area contributed by atoms with Crippen LogP contribution in [0.15, 0.2) is 77.8 Å². The Kier molecular flexibility index (Phi) is 7.55. The lowest BCUT2D eigenvalue weighted by Gasteiger charge is -2.29. The highest BCUT2D eigenvalue weighted by Crippen LogP contribution is 2.21. The summed E-state index contributed by atoms with van der Waals surface area (Å²) >= 11 is 1.49. The Morgan fingerprint density at radius 2 is 1.73 bits per heavy atom. The van der Waals surface area contributed by atoms with Gasteiger partial charge in [-0.05, 0) is 73.8 Å². The fourth-order valence-electron chi connectivity index (χ4n) is 3.57. The quantitative estimate of drug-likeness (QED) is 0.503. The number of anilines is 1. The fraction of sp³-hybridized carbons (Fsp3) is 0.231. The standard InChI is InChI=1S/C26H27N3O3S/c1-29-15-13-22(14-16-29)32-21-11-9-20(10-12-21)27-26(31)24(18-23-8-5-17-33-23)28-25(30)19-6-3-2-4-7-19/h2-12,17-18,22H,13-16H2,1H3,(H,27,31)(H,28,30)/b24-18-. The number of hydrogen-bond donors (Lipinski definition) is 2. The number of carbonyl (C=O) groups excluding carboxylic acids is 2. The van der Waals surface area contributed by atoms with Gasteiger partial charge in [-0.1, -0.05) is 24.3 Å². The molecule has 0 atom stereocenters. The van der Waals surface area contributed by atoms with Crippen LogP contribution in [0.5, 0.6) is 5.75 Å². The smallest absolute Gasteiger partial charge is 0.272 e.